The molecule has 2 aliphatic heterocycles. The van der Waals surface area contributed by atoms with Gasteiger partial charge in [-0.3, -0.25) is 19.7 Å². The van der Waals surface area contributed by atoms with Crippen LogP contribution in [0.25, 0.3) is 0 Å². The van der Waals surface area contributed by atoms with E-state index < -0.39 is 4.92 Å². The number of piperidine rings is 2. The molecule has 2 aliphatic carbocycles. The van der Waals surface area contributed by atoms with Crippen LogP contribution in [0.1, 0.15) is 61.7 Å². The Labute approximate surface area is 194 Å². The maximum absolute atomic E-state index is 12.8. The maximum Gasteiger partial charge on any atom is 0.269 e. The number of hydrogen-bond acceptors (Lipinski definition) is 5. The summed E-state index contributed by atoms with van der Waals surface area (Å²) in [5.41, 5.74) is 0.499. The number of hydrogen-bond donors (Lipinski definition) is 1. The van der Waals surface area contributed by atoms with Gasteiger partial charge in [-0.2, -0.15) is 0 Å². The molecule has 2 saturated carbocycles. The minimum absolute atomic E-state index is 0.00202. The predicted molar refractivity (Wildman–Crippen MR) is 124 cm³/mol. The van der Waals surface area contributed by atoms with Crippen molar-refractivity contribution in [1.29, 1.82) is 0 Å². The van der Waals surface area contributed by atoms with Crippen LogP contribution in [0.4, 0.5) is 5.69 Å². The van der Waals surface area contributed by atoms with E-state index in [9.17, 15) is 19.7 Å². The van der Waals surface area contributed by atoms with Gasteiger partial charge in [-0.15, -0.1) is 0 Å². The molecule has 2 amide bonds. The van der Waals surface area contributed by atoms with Crippen molar-refractivity contribution in [2.75, 3.05) is 26.2 Å². The number of nitrogens with one attached hydrogen (secondary N) is 1. The molecular formula is C25H34N4O4. The molecule has 4 aliphatic rings. The van der Waals surface area contributed by atoms with Crippen LogP contribution in [0.3, 0.4) is 0 Å². The summed E-state index contributed by atoms with van der Waals surface area (Å²) in [5.74, 6) is 1.93. The SMILES string of the molecule is O=C(N[C@@H]1C[C@H]2CC[C@H]1C2)C1CCN(C2CCN(C(=O)c3ccc([N+](=O)[O-])cc3)CC2)CC1. The molecule has 1 N–H and O–H groups in total. The first-order valence-electron chi connectivity index (χ1n) is 12.6. The van der Waals surface area contributed by atoms with E-state index in [1.807, 2.05) is 4.90 Å². The molecule has 4 fully saturated rings. The van der Waals surface area contributed by atoms with Crippen LogP contribution in [0.15, 0.2) is 24.3 Å². The standard InChI is InChI=1S/C25H34N4O4/c30-24(26-23-16-17-1-2-20(23)15-17)18-7-11-27(12-8-18)21-9-13-28(14-10-21)25(31)19-3-5-22(6-4-19)29(32)33/h3-6,17-18,20-21,23H,1-2,7-16H2,(H,26,30)/t17-,20-,23+/m0/s1. The molecule has 0 unspecified atom stereocenters. The Morgan fingerprint density at radius 2 is 1.61 bits per heavy atom. The number of non-ortho nitro benzene ring substituents is 1. The van der Waals surface area contributed by atoms with Crippen molar-refractivity contribution in [3.63, 3.8) is 0 Å². The van der Waals surface area contributed by atoms with Crippen LogP contribution >= 0.6 is 0 Å². The highest BCUT2D eigenvalue weighted by atomic mass is 16.6. The number of nitro benzene ring substituents is 1. The molecular weight excluding hydrogens is 420 g/mol. The minimum atomic E-state index is -0.453. The molecule has 3 atom stereocenters. The molecule has 5 rings (SSSR count). The quantitative estimate of drug-likeness (QED) is 0.544. The molecule has 1 aromatic rings. The molecule has 0 spiro atoms. The Morgan fingerprint density at radius 3 is 2.18 bits per heavy atom. The Bertz CT molecular complexity index is 888. The molecule has 0 radical (unpaired) electrons. The van der Waals surface area contributed by atoms with Gasteiger partial charge in [-0.1, -0.05) is 6.42 Å². The van der Waals surface area contributed by atoms with Crippen LogP contribution in [-0.4, -0.2) is 64.8 Å². The summed E-state index contributed by atoms with van der Waals surface area (Å²) in [5, 5.41) is 14.2. The van der Waals surface area contributed by atoms with Gasteiger partial charge in [0.15, 0.2) is 0 Å². The fourth-order valence-corrected chi connectivity index (χ4v) is 6.59. The smallest absolute Gasteiger partial charge is 0.269 e. The van der Waals surface area contributed by atoms with Crippen molar-refractivity contribution >= 4 is 17.5 Å². The highest BCUT2D eigenvalue weighted by Gasteiger charge is 2.41. The van der Waals surface area contributed by atoms with Crippen LogP contribution in [0.2, 0.25) is 0 Å². The molecule has 2 heterocycles. The first kappa shape index (κ1) is 22.3. The number of carbonyl (C=O) groups excluding carboxylic acids is 2. The summed E-state index contributed by atoms with van der Waals surface area (Å²) < 4.78 is 0. The summed E-state index contributed by atoms with van der Waals surface area (Å²) >= 11 is 0. The summed E-state index contributed by atoms with van der Waals surface area (Å²) in [7, 11) is 0. The van der Waals surface area contributed by atoms with Gasteiger partial charge < -0.3 is 15.1 Å². The zero-order chi connectivity index (χ0) is 22.9. The van der Waals surface area contributed by atoms with Crippen molar-refractivity contribution in [2.45, 2.75) is 63.5 Å². The van der Waals surface area contributed by atoms with E-state index in [2.05, 4.69) is 10.2 Å². The number of fused-ring (bicyclic) bond motifs is 2. The lowest BCUT2D eigenvalue weighted by Crippen LogP contribution is -2.51. The lowest BCUT2D eigenvalue weighted by atomic mass is 9.91. The van der Waals surface area contributed by atoms with Crippen LogP contribution in [-0.2, 0) is 4.79 Å². The molecule has 33 heavy (non-hydrogen) atoms. The number of nitrogens with zero attached hydrogens (tertiary/aromatic N) is 3. The molecule has 0 aromatic heterocycles. The van der Waals surface area contributed by atoms with Gasteiger partial charge in [0.2, 0.25) is 5.91 Å². The number of carbonyl (C=O) groups is 2. The van der Waals surface area contributed by atoms with Gasteiger partial charge in [0.1, 0.15) is 0 Å². The van der Waals surface area contributed by atoms with Crippen LogP contribution in [0, 0.1) is 27.9 Å². The van der Waals surface area contributed by atoms with Gasteiger partial charge >= 0.3 is 0 Å². The third-order valence-electron chi connectivity index (χ3n) is 8.56. The van der Waals surface area contributed by atoms with Crippen molar-refractivity contribution in [2.24, 2.45) is 17.8 Å². The second kappa shape index (κ2) is 9.41. The number of amides is 2. The monoisotopic (exact) mass is 454 g/mol. The first-order valence-corrected chi connectivity index (χ1v) is 12.6. The largest absolute Gasteiger partial charge is 0.353 e. The highest BCUT2D eigenvalue weighted by Crippen LogP contribution is 2.44. The lowest BCUT2D eigenvalue weighted by Gasteiger charge is -2.41. The number of likely N-dealkylation sites (tertiary alicyclic amines) is 2. The molecule has 2 saturated heterocycles. The number of benzene rings is 1. The van der Waals surface area contributed by atoms with Gasteiger partial charge in [0.25, 0.3) is 11.6 Å². The Balaban J connectivity index is 1.06. The topological polar surface area (TPSA) is 95.8 Å². The highest BCUT2D eigenvalue weighted by molar-refractivity contribution is 5.94. The van der Waals surface area contributed by atoms with E-state index in [1.54, 1.807) is 12.1 Å². The average molecular weight is 455 g/mol. The second-order valence-electron chi connectivity index (χ2n) is 10.4. The van der Waals surface area contributed by atoms with E-state index in [-0.39, 0.29) is 23.4 Å². The summed E-state index contributed by atoms with van der Waals surface area (Å²) in [4.78, 5) is 40.3. The van der Waals surface area contributed by atoms with Crippen molar-refractivity contribution in [3.8, 4) is 0 Å². The second-order valence-corrected chi connectivity index (χ2v) is 10.4. The zero-order valence-electron chi connectivity index (χ0n) is 19.2. The number of rotatable bonds is 5. The van der Waals surface area contributed by atoms with Crippen molar-refractivity contribution in [3.05, 3.63) is 39.9 Å². The fourth-order valence-electron chi connectivity index (χ4n) is 6.59. The zero-order valence-corrected chi connectivity index (χ0v) is 19.2. The number of nitro groups is 1. The van der Waals surface area contributed by atoms with Crippen LogP contribution < -0.4 is 5.32 Å². The fraction of sp³-hybridized carbons (Fsp3) is 0.680. The maximum atomic E-state index is 12.8. The average Bonchev–Trinajstić information content (AvgIpc) is 3.47. The summed E-state index contributed by atoms with van der Waals surface area (Å²) in [6.07, 6.45) is 8.86. The molecule has 8 heteroatoms. The summed E-state index contributed by atoms with van der Waals surface area (Å²) in [6.45, 7) is 3.31. The molecule has 178 valence electrons. The minimum Gasteiger partial charge on any atom is -0.353 e. The van der Waals surface area contributed by atoms with Gasteiger partial charge in [0.05, 0.1) is 4.92 Å². The van der Waals surface area contributed by atoms with Crippen LogP contribution in [0.5, 0.6) is 0 Å². The van der Waals surface area contributed by atoms with E-state index in [4.69, 9.17) is 0 Å². The molecule has 1 aromatic carbocycles. The van der Waals surface area contributed by atoms with E-state index in [0.29, 0.717) is 30.7 Å². The van der Waals surface area contributed by atoms with E-state index >= 15 is 0 Å². The lowest BCUT2D eigenvalue weighted by molar-refractivity contribution is -0.384. The first-order chi connectivity index (χ1) is 16.0. The van der Waals surface area contributed by atoms with E-state index in [1.165, 1.54) is 37.8 Å². The van der Waals surface area contributed by atoms with Crippen molar-refractivity contribution < 1.29 is 14.5 Å². The third-order valence-corrected chi connectivity index (χ3v) is 8.56. The Morgan fingerprint density at radius 1 is 0.909 bits per heavy atom. The normalized spacial score (nSPS) is 28.7. The van der Waals surface area contributed by atoms with Gasteiger partial charge in [0, 0.05) is 48.8 Å². The van der Waals surface area contributed by atoms with E-state index in [0.717, 1.165) is 50.6 Å². The Kier molecular flexibility index (Phi) is 6.36. The van der Waals surface area contributed by atoms with Crippen molar-refractivity contribution in [1.82, 2.24) is 15.1 Å². The molecule has 8 nitrogen and oxygen atoms in total. The summed E-state index contributed by atoms with van der Waals surface area (Å²) in [6, 6.07) is 6.74. The van der Waals surface area contributed by atoms with Gasteiger partial charge in [-0.25, -0.2) is 0 Å². The molecule has 2 bridgehead atoms. The van der Waals surface area contributed by atoms with Gasteiger partial charge in [-0.05, 0) is 82.0 Å². The Hall–Kier alpha value is -2.48. The third kappa shape index (κ3) is 4.76. The predicted octanol–water partition coefficient (Wildman–Crippen LogP) is 3.22.